The largest absolute Gasteiger partial charge is 0.494 e. The summed E-state index contributed by atoms with van der Waals surface area (Å²) in [6.07, 6.45) is -1.73. The van der Waals surface area contributed by atoms with Crippen LogP contribution in [0.15, 0.2) is 34.0 Å². The van der Waals surface area contributed by atoms with Crippen LogP contribution in [-0.2, 0) is 9.68 Å². The van der Waals surface area contributed by atoms with Crippen molar-refractivity contribution in [1.82, 2.24) is 15.3 Å². The lowest BCUT2D eigenvalue weighted by molar-refractivity contribution is -0.272. The average molecular weight is 422 g/mol. The Labute approximate surface area is 147 Å². The topological polar surface area (TPSA) is 109 Å². The molecule has 25 heavy (non-hydrogen) atoms. The molecule has 0 radical (unpaired) electrons. The van der Waals surface area contributed by atoms with Gasteiger partial charge in [0.1, 0.15) is 5.52 Å². The molecule has 3 rings (SSSR count). The second kappa shape index (κ2) is 8.07. The third kappa shape index (κ3) is 5.00. The number of guanidine groups is 1. The number of carbonyl (C=O) groups excluding carboxylic acids is 1. The van der Waals surface area contributed by atoms with Crippen LogP contribution in [0.5, 0.6) is 0 Å². The Hall–Kier alpha value is -2.47. The third-order valence-corrected chi connectivity index (χ3v) is 3.62. The average Bonchev–Trinajstić information content (AvgIpc) is 3.10. The third-order valence-electron chi connectivity index (χ3n) is 2.82. The summed E-state index contributed by atoms with van der Waals surface area (Å²) in [5.41, 5.74) is 2.65. The van der Waals surface area contributed by atoms with Crippen molar-refractivity contribution >= 4 is 44.6 Å². The maximum atomic E-state index is 10.8. The molecule has 8 nitrogen and oxygen atoms in total. The molecule has 0 unspecified atom stereocenters. The monoisotopic (exact) mass is 421 g/mol. The summed E-state index contributed by atoms with van der Waals surface area (Å²) in [7, 11) is 0. The van der Waals surface area contributed by atoms with Crippen LogP contribution in [0.2, 0.25) is 0 Å². The second-order valence-electron chi connectivity index (χ2n) is 4.51. The zero-order valence-corrected chi connectivity index (χ0v) is 13.9. The smallest absolute Gasteiger partial charge is 0.354 e. The van der Waals surface area contributed by atoms with Crippen LogP contribution in [-0.4, -0.2) is 46.4 Å². The number of aromatic nitrogens is 2. The number of hydrogen-bond acceptors (Lipinski definition) is 8. The van der Waals surface area contributed by atoms with Gasteiger partial charge in [-0.15, -0.1) is 0 Å². The van der Waals surface area contributed by atoms with E-state index in [0.29, 0.717) is 0 Å². The SMILES string of the molecule is Brc1c(NC2=NCCN2)ccc2nccnc12.O=C(OO)C(F)(F)F. The van der Waals surface area contributed by atoms with Crippen molar-refractivity contribution in [2.24, 2.45) is 4.99 Å². The first-order chi connectivity index (χ1) is 11.8. The van der Waals surface area contributed by atoms with E-state index in [1.165, 1.54) is 0 Å². The van der Waals surface area contributed by atoms with Gasteiger partial charge in [-0.25, -0.2) is 4.79 Å². The zero-order valence-electron chi connectivity index (χ0n) is 12.3. The van der Waals surface area contributed by atoms with Crippen molar-refractivity contribution in [3.05, 3.63) is 29.0 Å². The van der Waals surface area contributed by atoms with E-state index in [1.807, 2.05) is 12.1 Å². The number of alkyl halides is 3. The van der Waals surface area contributed by atoms with Gasteiger partial charge in [-0.1, -0.05) is 0 Å². The zero-order chi connectivity index (χ0) is 18.4. The van der Waals surface area contributed by atoms with Gasteiger partial charge in [0.05, 0.1) is 22.2 Å². The summed E-state index contributed by atoms with van der Waals surface area (Å²) in [6.45, 7) is 1.70. The fourth-order valence-corrected chi connectivity index (χ4v) is 2.30. The maximum Gasteiger partial charge on any atom is 0.494 e. The number of fused-ring (bicyclic) bond motifs is 1. The number of nitrogens with zero attached hydrogens (tertiary/aromatic N) is 3. The molecule has 1 aliphatic heterocycles. The second-order valence-corrected chi connectivity index (χ2v) is 5.30. The molecular formula is C13H11BrF3N5O3. The van der Waals surface area contributed by atoms with Crippen molar-refractivity contribution in [3.8, 4) is 0 Å². The Morgan fingerprint density at radius 3 is 2.60 bits per heavy atom. The molecule has 12 heteroatoms. The molecule has 0 bridgehead atoms. The van der Waals surface area contributed by atoms with Gasteiger partial charge >= 0.3 is 12.1 Å². The molecule has 0 saturated heterocycles. The summed E-state index contributed by atoms with van der Waals surface area (Å²) >= 11 is 3.54. The Morgan fingerprint density at radius 2 is 2.04 bits per heavy atom. The highest BCUT2D eigenvalue weighted by Crippen LogP contribution is 2.28. The fraction of sp³-hybridized carbons (Fsp3) is 0.231. The molecule has 1 aromatic heterocycles. The summed E-state index contributed by atoms with van der Waals surface area (Å²) in [6, 6.07) is 3.90. The summed E-state index contributed by atoms with van der Waals surface area (Å²) in [5, 5.41) is 13.5. The lowest BCUT2D eigenvalue weighted by Crippen LogP contribution is -2.26. The van der Waals surface area contributed by atoms with Gasteiger partial charge in [-0.05, 0) is 28.1 Å². The molecule has 134 valence electrons. The summed E-state index contributed by atoms with van der Waals surface area (Å²) < 4.78 is 33.3. The first-order valence-electron chi connectivity index (χ1n) is 6.70. The van der Waals surface area contributed by atoms with E-state index in [1.54, 1.807) is 12.4 Å². The predicted octanol–water partition coefficient (Wildman–Crippen LogP) is 2.33. The van der Waals surface area contributed by atoms with Crippen LogP contribution in [0.3, 0.4) is 0 Å². The lowest BCUT2D eigenvalue weighted by atomic mass is 10.2. The van der Waals surface area contributed by atoms with E-state index in [9.17, 15) is 18.0 Å². The van der Waals surface area contributed by atoms with Gasteiger partial charge in [0.25, 0.3) is 0 Å². The van der Waals surface area contributed by atoms with Crippen molar-refractivity contribution in [2.45, 2.75) is 6.18 Å². The van der Waals surface area contributed by atoms with E-state index in [-0.39, 0.29) is 0 Å². The Balaban J connectivity index is 0.000000242. The van der Waals surface area contributed by atoms with Gasteiger partial charge in [-0.3, -0.25) is 19.8 Å². The number of aliphatic imine (C=N–C) groups is 1. The molecule has 0 fully saturated rings. The van der Waals surface area contributed by atoms with E-state index in [0.717, 1.165) is 40.2 Å². The van der Waals surface area contributed by atoms with Crippen molar-refractivity contribution in [3.63, 3.8) is 0 Å². The quantitative estimate of drug-likeness (QED) is 0.478. The normalized spacial score (nSPS) is 13.4. The standard InChI is InChI=1S/C11H10BrN5.C2HF3O3/c12-9-7(17-11-15-5-6-16-11)1-2-8-10(9)14-4-3-13-8;3-2(4,5)1(6)8-7/h1-4H,5-6H2,(H2,15,16,17);7H. The number of benzene rings is 1. The van der Waals surface area contributed by atoms with Crippen LogP contribution in [0.1, 0.15) is 0 Å². The molecule has 0 amide bonds. The first kappa shape index (κ1) is 18.9. The van der Waals surface area contributed by atoms with Gasteiger partial charge in [0, 0.05) is 18.9 Å². The molecule has 0 spiro atoms. The Morgan fingerprint density at radius 1 is 1.32 bits per heavy atom. The summed E-state index contributed by atoms with van der Waals surface area (Å²) in [5.74, 6) is -1.81. The summed E-state index contributed by atoms with van der Waals surface area (Å²) in [4.78, 5) is 24.4. The highest BCUT2D eigenvalue weighted by molar-refractivity contribution is 9.10. The van der Waals surface area contributed by atoms with Gasteiger partial charge in [0.15, 0.2) is 5.96 Å². The van der Waals surface area contributed by atoms with E-state index in [4.69, 9.17) is 5.26 Å². The molecule has 2 aromatic rings. The molecule has 2 heterocycles. The van der Waals surface area contributed by atoms with Crippen molar-refractivity contribution in [2.75, 3.05) is 18.4 Å². The van der Waals surface area contributed by atoms with Gasteiger partial charge in [-0.2, -0.15) is 18.4 Å². The molecule has 0 aliphatic carbocycles. The van der Waals surface area contributed by atoms with Crippen LogP contribution in [0, 0.1) is 0 Å². The first-order valence-corrected chi connectivity index (χ1v) is 7.49. The molecule has 3 N–H and O–H groups in total. The predicted molar refractivity (Wildman–Crippen MR) is 85.9 cm³/mol. The van der Waals surface area contributed by atoms with E-state index < -0.39 is 12.1 Å². The molecular weight excluding hydrogens is 411 g/mol. The molecule has 0 saturated carbocycles. The minimum atomic E-state index is -5.10. The Kier molecular flexibility index (Phi) is 6.09. The van der Waals surface area contributed by atoms with Crippen molar-refractivity contribution < 1.29 is 28.1 Å². The molecule has 1 aliphatic rings. The minimum absolute atomic E-state index is 0.800. The number of anilines is 1. The van der Waals surface area contributed by atoms with Crippen LogP contribution in [0.4, 0.5) is 18.9 Å². The van der Waals surface area contributed by atoms with Gasteiger partial charge in [0.2, 0.25) is 0 Å². The highest BCUT2D eigenvalue weighted by atomic mass is 79.9. The Bertz CT molecular complexity index is 800. The van der Waals surface area contributed by atoms with E-state index in [2.05, 4.69) is 46.4 Å². The van der Waals surface area contributed by atoms with Crippen LogP contribution < -0.4 is 10.6 Å². The number of rotatable bonds is 1. The van der Waals surface area contributed by atoms with Crippen molar-refractivity contribution in [1.29, 1.82) is 0 Å². The highest BCUT2D eigenvalue weighted by Gasteiger charge is 2.41. The number of hydrogen-bond donors (Lipinski definition) is 3. The lowest BCUT2D eigenvalue weighted by Gasteiger charge is -2.09. The number of nitrogens with one attached hydrogen (secondary N) is 2. The maximum absolute atomic E-state index is 10.8. The van der Waals surface area contributed by atoms with E-state index >= 15 is 0 Å². The minimum Gasteiger partial charge on any atom is -0.354 e. The van der Waals surface area contributed by atoms with Crippen LogP contribution in [0.25, 0.3) is 11.0 Å². The van der Waals surface area contributed by atoms with Crippen LogP contribution >= 0.6 is 15.9 Å². The molecule has 1 aromatic carbocycles. The molecule has 0 atom stereocenters. The fourth-order valence-electron chi connectivity index (χ4n) is 1.76. The van der Waals surface area contributed by atoms with Gasteiger partial charge < -0.3 is 10.6 Å². The number of carbonyl (C=O) groups is 1. The number of halogens is 4.